The molecule has 0 saturated carbocycles. The number of aryl methyl sites for hydroxylation is 1. The van der Waals surface area contributed by atoms with E-state index in [1.54, 1.807) is 30.3 Å². The van der Waals surface area contributed by atoms with Crippen LogP contribution in [0.1, 0.15) is 52.9 Å². The monoisotopic (exact) mass is 490 g/mol. The third kappa shape index (κ3) is 5.03. The third-order valence-electron chi connectivity index (χ3n) is 6.09. The minimum atomic E-state index is -0.547. The number of aromatic amines is 1. The highest BCUT2D eigenvalue weighted by Gasteiger charge is 2.29. The molecule has 0 radical (unpaired) electrons. The lowest BCUT2D eigenvalue weighted by Gasteiger charge is -2.17. The first-order valence-corrected chi connectivity index (χ1v) is 11.2. The number of carbonyl (C=O) groups excluding carboxylic acids is 2. The zero-order valence-corrected chi connectivity index (χ0v) is 20.4. The van der Waals surface area contributed by atoms with Gasteiger partial charge in [-0.3, -0.25) is 9.59 Å². The van der Waals surface area contributed by atoms with Crippen molar-refractivity contribution in [2.45, 2.75) is 38.6 Å². The normalized spacial score (nSPS) is 16.3. The third-order valence-corrected chi connectivity index (χ3v) is 6.34. The van der Waals surface area contributed by atoms with E-state index in [4.69, 9.17) is 21.1 Å². The Hall–Kier alpha value is -2.54. The number of rotatable bonds is 7. The number of esters is 1. The van der Waals surface area contributed by atoms with Crippen LogP contribution >= 0.6 is 24.0 Å². The highest BCUT2D eigenvalue weighted by Crippen LogP contribution is 2.38. The van der Waals surface area contributed by atoms with Crippen LogP contribution in [0.5, 0.6) is 5.75 Å². The summed E-state index contributed by atoms with van der Waals surface area (Å²) in [5.74, 6) is -0.599. The van der Waals surface area contributed by atoms with Gasteiger partial charge in [0.05, 0.1) is 18.6 Å². The molecule has 3 aromatic rings. The number of methoxy groups -OCH3 is 1. The summed E-state index contributed by atoms with van der Waals surface area (Å²) >= 11 is 6.00. The molecule has 0 aliphatic carbocycles. The van der Waals surface area contributed by atoms with Gasteiger partial charge in [-0.05, 0) is 75.2 Å². The van der Waals surface area contributed by atoms with Crippen molar-refractivity contribution >= 4 is 46.7 Å². The summed E-state index contributed by atoms with van der Waals surface area (Å²) in [5, 5.41) is 4.57. The number of halogens is 2. The minimum Gasteiger partial charge on any atom is -0.496 e. The quantitative estimate of drug-likeness (QED) is 0.351. The number of hydrogen-bond donors (Lipinski definition) is 2. The number of carbonyl (C=O) groups is 2. The van der Waals surface area contributed by atoms with Gasteiger partial charge in [0, 0.05) is 33.2 Å². The topological polar surface area (TPSA) is 80.4 Å². The molecule has 2 unspecified atom stereocenters. The van der Waals surface area contributed by atoms with Gasteiger partial charge in [0.2, 0.25) is 0 Å². The fourth-order valence-electron chi connectivity index (χ4n) is 4.43. The molecule has 1 aromatic heterocycles. The number of ether oxygens (including phenoxy) is 2. The fraction of sp³-hybridized carbons (Fsp3) is 0.360. The molecule has 33 heavy (non-hydrogen) atoms. The van der Waals surface area contributed by atoms with Crippen molar-refractivity contribution in [1.29, 1.82) is 0 Å². The maximum absolute atomic E-state index is 13.5. The largest absolute Gasteiger partial charge is 0.496 e. The number of hydrogen-bond acceptors (Lipinski definition) is 5. The summed E-state index contributed by atoms with van der Waals surface area (Å²) in [6.07, 6.45) is 2.10. The first-order valence-electron chi connectivity index (χ1n) is 10.8. The molecule has 8 heteroatoms. The Morgan fingerprint density at radius 1 is 1.18 bits per heavy atom. The number of ketones is 1. The number of nitrogens with one attached hydrogen (secondary N) is 2. The maximum atomic E-state index is 13.5. The van der Waals surface area contributed by atoms with Crippen LogP contribution in [-0.4, -0.2) is 43.0 Å². The standard InChI is InChI=1S/C25H27ClN2O4.ClH/c1-14(25(30)32-13-18-5-4-12-27-18)21-15(2)28-19-10-11-20(31-3)23(22(19)21)24(29)16-6-8-17(26)9-7-16;/h6-11,14,18,27-28H,4-5,12-13H2,1-3H3;1H. The van der Waals surface area contributed by atoms with E-state index in [2.05, 4.69) is 10.3 Å². The van der Waals surface area contributed by atoms with E-state index in [9.17, 15) is 9.59 Å². The van der Waals surface area contributed by atoms with Gasteiger partial charge in [0.15, 0.2) is 5.78 Å². The molecule has 4 rings (SSSR count). The van der Waals surface area contributed by atoms with Crippen LogP contribution in [0.4, 0.5) is 0 Å². The van der Waals surface area contributed by atoms with Gasteiger partial charge in [0.25, 0.3) is 0 Å². The Balaban J connectivity index is 0.00000306. The van der Waals surface area contributed by atoms with Crippen LogP contribution < -0.4 is 10.1 Å². The maximum Gasteiger partial charge on any atom is 0.313 e. The van der Waals surface area contributed by atoms with Crippen molar-refractivity contribution in [3.8, 4) is 5.75 Å². The lowest BCUT2D eigenvalue weighted by atomic mass is 9.91. The van der Waals surface area contributed by atoms with Crippen LogP contribution in [0.3, 0.4) is 0 Å². The van der Waals surface area contributed by atoms with Crippen molar-refractivity contribution in [2.75, 3.05) is 20.3 Å². The fourth-order valence-corrected chi connectivity index (χ4v) is 4.56. The number of aromatic nitrogens is 1. The summed E-state index contributed by atoms with van der Waals surface area (Å²) in [5.41, 5.74) is 3.26. The van der Waals surface area contributed by atoms with E-state index in [1.165, 1.54) is 7.11 Å². The van der Waals surface area contributed by atoms with E-state index in [-0.39, 0.29) is 30.2 Å². The highest BCUT2D eigenvalue weighted by molar-refractivity contribution is 6.30. The molecular weight excluding hydrogens is 463 g/mol. The molecule has 176 valence electrons. The summed E-state index contributed by atoms with van der Waals surface area (Å²) in [7, 11) is 1.53. The van der Waals surface area contributed by atoms with Crippen molar-refractivity contribution in [1.82, 2.24) is 10.3 Å². The number of H-pyrrole nitrogens is 1. The predicted molar refractivity (Wildman–Crippen MR) is 132 cm³/mol. The van der Waals surface area contributed by atoms with Crippen molar-refractivity contribution in [3.05, 3.63) is 63.8 Å². The Kier molecular flexibility index (Phi) is 8.05. The Morgan fingerprint density at radius 2 is 1.91 bits per heavy atom. The minimum absolute atomic E-state index is 0. The van der Waals surface area contributed by atoms with Gasteiger partial charge in [-0.25, -0.2) is 0 Å². The number of fused-ring (bicyclic) bond motifs is 1. The molecule has 1 saturated heterocycles. The molecule has 6 nitrogen and oxygen atoms in total. The molecule has 1 aliphatic rings. The van der Waals surface area contributed by atoms with Crippen LogP contribution in [-0.2, 0) is 9.53 Å². The lowest BCUT2D eigenvalue weighted by Crippen LogP contribution is -2.29. The second-order valence-corrected chi connectivity index (χ2v) is 8.65. The van der Waals surface area contributed by atoms with E-state index in [1.807, 2.05) is 19.9 Å². The van der Waals surface area contributed by atoms with E-state index >= 15 is 0 Å². The number of benzene rings is 2. The summed E-state index contributed by atoms with van der Waals surface area (Å²) in [6.45, 7) is 5.02. The van der Waals surface area contributed by atoms with Crippen molar-refractivity contribution in [2.24, 2.45) is 0 Å². The van der Waals surface area contributed by atoms with Crippen LogP contribution in [0, 0.1) is 6.92 Å². The zero-order valence-electron chi connectivity index (χ0n) is 18.9. The van der Waals surface area contributed by atoms with Gasteiger partial charge in [-0.2, -0.15) is 0 Å². The second-order valence-electron chi connectivity index (χ2n) is 8.21. The average molecular weight is 491 g/mol. The van der Waals surface area contributed by atoms with E-state index in [0.717, 1.165) is 36.2 Å². The summed E-state index contributed by atoms with van der Waals surface area (Å²) in [4.78, 5) is 29.8. The molecule has 2 aromatic carbocycles. The average Bonchev–Trinajstić information content (AvgIpc) is 3.43. The first-order chi connectivity index (χ1) is 15.4. The molecule has 0 bridgehead atoms. The SMILES string of the molecule is COc1ccc2[nH]c(C)c(C(C)C(=O)OCC3CCCN3)c2c1C(=O)c1ccc(Cl)cc1.Cl. The molecule has 1 fully saturated rings. The molecule has 2 atom stereocenters. The second kappa shape index (κ2) is 10.6. The molecular formula is C25H28Cl2N2O4. The van der Waals surface area contributed by atoms with Gasteiger partial charge in [-0.1, -0.05) is 11.6 Å². The smallest absolute Gasteiger partial charge is 0.313 e. The first kappa shape index (κ1) is 25.1. The van der Waals surface area contributed by atoms with Crippen LogP contribution in [0.25, 0.3) is 10.9 Å². The van der Waals surface area contributed by atoms with Crippen LogP contribution in [0.15, 0.2) is 36.4 Å². The molecule has 1 aliphatic heterocycles. The van der Waals surface area contributed by atoms with Gasteiger partial charge >= 0.3 is 5.97 Å². The molecule has 0 spiro atoms. The van der Waals surface area contributed by atoms with Crippen molar-refractivity contribution < 1.29 is 19.1 Å². The summed E-state index contributed by atoms with van der Waals surface area (Å²) < 4.78 is 11.2. The predicted octanol–water partition coefficient (Wildman–Crippen LogP) is 5.19. The Labute approximate surface area is 204 Å². The van der Waals surface area contributed by atoms with Crippen LogP contribution in [0.2, 0.25) is 5.02 Å². The molecule has 2 N–H and O–H groups in total. The highest BCUT2D eigenvalue weighted by atomic mass is 35.5. The Bertz CT molecular complexity index is 1150. The lowest BCUT2D eigenvalue weighted by molar-refractivity contribution is -0.145. The molecule has 0 amide bonds. The van der Waals surface area contributed by atoms with Gasteiger partial charge in [-0.15, -0.1) is 12.4 Å². The van der Waals surface area contributed by atoms with E-state index in [0.29, 0.717) is 33.9 Å². The van der Waals surface area contributed by atoms with E-state index < -0.39 is 5.92 Å². The molecule has 2 heterocycles. The Morgan fingerprint density at radius 3 is 2.55 bits per heavy atom. The zero-order chi connectivity index (χ0) is 22.8. The van der Waals surface area contributed by atoms with Crippen molar-refractivity contribution in [3.63, 3.8) is 0 Å². The van der Waals surface area contributed by atoms with Gasteiger partial charge in [0.1, 0.15) is 12.4 Å². The van der Waals surface area contributed by atoms with Gasteiger partial charge < -0.3 is 19.8 Å². The summed E-state index contributed by atoms with van der Waals surface area (Å²) in [6, 6.07) is 10.6.